The number of fused-ring (bicyclic) bond motifs is 2. The molecule has 9 heteroatoms. The van der Waals surface area contributed by atoms with Crippen LogP contribution in [0, 0.1) is 6.92 Å². The fourth-order valence-electron chi connectivity index (χ4n) is 5.67. The van der Waals surface area contributed by atoms with Gasteiger partial charge in [0.15, 0.2) is 0 Å². The average molecular weight is 503 g/mol. The van der Waals surface area contributed by atoms with E-state index in [4.69, 9.17) is 4.74 Å². The fourth-order valence-corrected chi connectivity index (χ4v) is 5.67. The molecule has 37 heavy (non-hydrogen) atoms. The van der Waals surface area contributed by atoms with E-state index in [0.717, 1.165) is 55.8 Å². The summed E-state index contributed by atoms with van der Waals surface area (Å²) < 4.78 is 7.36. The SMILES string of the molecule is COc1cccc(C(=O)N[C@H]2C[C@H]3CC[C@@H](C2)N3c2ccc(C(=O)NCCCn3ccnc3)cn2)c1C. The van der Waals surface area contributed by atoms with Crippen LogP contribution in [0.25, 0.3) is 0 Å². The maximum Gasteiger partial charge on any atom is 0.252 e. The van der Waals surface area contributed by atoms with Gasteiger partial charge in [-0.2, -0.15) is 0 Å². The summed E-state index contributed by atoms with van der Waals surface area (Å²) in [6.07, 6.45) is 11.9. The Hall–Kier alpha value is -3.88. The van der Waals surface area contributed by atoms with Crippen molar-refractivity contribution in [1.29, 1.82) is 0 Å². The quantitative estimate of drug-likeness (QED) is 0.435. The molecule has 0 unspecified atom stereocenters. The first-order valence-electron chi connectivity index (χ1n) is 13.0. The molecule has 5 rings (SSSR count). The number of hydrogen-bond donors (Lipinski definition) is 2. The maximum atomic E-state index is 13.0. The average Bonchev–Trinajstić information content (AvgIpc) is 3.52. The number of hydrogen-bond acceptors (Lipinski definition) is 6. The first-order chi connectivity index (χ1) is 18.0. The lowest BCUT2D eigenvalue weighted by Gasteiger charge is -2.40. The second-order valence-electron chi connectivity index (χ2n) is 9.88. The van der Waals surface area contributed by atoms with Crippen molar-refractivity contribution in [2.75, 3.05) is 18.6 Å². The van der Waals surface area contributed by atoms with Gasteiger partial charge in [0.25, 0.3) is 11.8 Å². The zero-order valence-electron chi connectivity index (χ0n) is 21.4. The van der Waals surface area contributed by atoms with Crippen LogP contribution in [0.3, 0.4) is 0 Å². The fraction of sp³-hybridized carbons (Fsp3) is 0.429. The summed E-state index contributed by atoms with van der Waals surface area (Å²) in [6, 6.07) is 10.1. The van der Waals surface area contributed by atoms with Gasteiger partial charge < -0.3 is 24.8 Å². The molecule has 194 valence electrons. The summed E-state index contributed by atoms with van der Waals surface area (Å²) in [7, 11) is 1.62. The largest absolute Gasteiger partial charge is 0.496 e. The van der Waals surface area contributed by atoms with Gasteiger partial charge in [0, 0.05) is 60.9 Å². The van der Waals surface area contributed by atoms with Gasteiger partial charge in [-0.05, 0) is 63.3 Å². The predicted octanol–water partition coefficient (Wildman–Crippen LogP) is 3.35. The lowest BCUT2D eigenvalue weighted by atomic mass is 9.96. The lowest BCUT2D eigenvalue weighted by Crippen LogP contribution is -2.50. The van der Waals surface area contributed by atoms with Gasteiger partial charge in [-0.1, -0.05) is 6.07 Å². The summed E-state index contributed by atoms with van der Waals surface area (Å²) in [5.41, 5.74) is 2.08. The number of nitrogens with zero attached hydrogens (tertiary/aromatic N) is 4. The number of carbonyl (C=O) groups is 2. The highest BCUT2D eigenvalue weighted by molar-refractivity contribution is 5.96. The number of carbonyl (C=O) groups excluding carboxylic acids is 2. The topological polar surface area (TPSA) is 101 Å². The number of piperidine rings is 1. The number of imidazole rings is 1. The van der Waals surface area contributed by atoms with Crippen molar-refractivity contribution >= 4 is 17.6 Å². The van der Waals surface area contributed by atoms with Crippen LogP contribution in [0.5, 0.6) is 5.75 Å². The minimum absolute atomic E-state index is 0.0484. The molecule has 0 radical (unpaired) electrons. The third kappa shape index (κ3) is 5.45. The number of methoxy groups -OCH3 is 1. The monoisotopic (exact) mass is 502 g/mol. The highest BCUT2D eigenvalue weighted by Gasteiger charge is 2.42. The zero-order chi connectivity index (χ0) is 25.8. The maximum absolute atomic E-state index is 13.0. The number of benzene rings is 1. The van der Waals surface area contributed by atoms with E-state index in [1.807, 2.05) is 48.0 Å². The number of ether oxygens (including phenoxy) is 1. The predicted molar refractivity (Wildman–Crippen MR) is 141 cm³/mol. The molecule has 0 saturated carbocycles. The Morgan fingerprint density at radius 1 is 1.11 bits per heavy atom. The highest BCUT2D eigenvalue weighted by atomic mass is 16.5. The molecule has 2 aromatic heterocycles. The molecule has 2 aliphatic rings. The molecule has 4 heterocycles. The Balaban J connectivity index is 1.15. The molecule has 2 aliphatic heterocycles. The number of amides is 2. The molecule has 0 aliphatic carbocycles. The number of nitrogens with one attached hydrogen (secondary N) is 2. The van der Waals surface area contributed by atoms with Crippen molar-refractivity contribution < 1.29 is 14.3 Å². The van der Waals surface area contributed by atoms with Gasteiger partial charge in [-0.3, -0.25) is 9.59 Å². The van der Waals surface area contributed by atoms with E-state index in [0.29, 0.717) is 29.8 Å². The normalized spacial score (nSPS) is 20.5. The minimum atomic E-state index is -0.109. The van der Waals surface area contributed by atoms with E-state index in [2.05, 4.69) is 25.5 Å². The van der Waals surface area contributed by atoms with E-state index in [1.54, 1.807) is 25.8 Å². The molecule has 2 bridgehead atoms. The van der Waals surface area contributed by atoms with E-state index >= 15 is 0 Å². The van der Waals surface area contributed by atoms with Crippen molar-refractivity contribution in [3.63, 3.8) is 0 Å². The first-order valence-corrected chi connectivity index (χ1v) is 13.0. The molecular formula is C28H34N6O3. The molecule has 3 aromatic rings. The van der Waals surface area contributed by atoms with Crippen molar-refractivity contribution in [2.45, 2.75) is 63.7 Å². The van der Waals surface area contributed by atoms with Gasteiger partial charge in [-0.25, -0.2) is 9.97 Å². The Labute approximate surface area is 217 Å². The Bertz CT molecular complexity index is 1210. The van der Waals surface area contributed by atoms with Crippen molar-refractivity contribution in [3.05, 3.63) is 71.9 Å². The van der Waals surface area contributed by atoms with E-state index < -0.39 is 0 Å². The van der Waals surface area contributed by atoms with Gasteiger partial charge >= 0.3 is 0 Å². The molecule has 2 amide bonds. The summed E-state index contributed by atoms with van der Waals surface area (Å²) in [5.74, 6) is 1.47. The summed E-state index contributed by atoms with van der Waals surface area (Å²) in [5, 5.41) is 6.22. The van der Waals surface area contributed by atoms with Gasteiger partial charge in [0.2, 0.25) is 0 Å². The van der Waals surface area contributed by atoms with Crippen LogP contribution in [0.15, 0.2) is 55.2 Å². The molecule has 2 saturated heterocycles. The van der Waals surface area contributed by atoms with Gasteiger partial charge in [-0.15, -0.1) is 0 Å². The Morgan fingerprint density at radius 3 is 2.59 bits per heavy atom. The van der Waals surface area contributed by atoms with Crippen LogP contribution in [-0.4, -0.2) is 58.1 Å². The zero-order valence-corrected chi connectivity index (χ0v) is 21.4. The first kappa shape index (κ1) is 24.8. The van der Waals surface area contributed by atoms with Crippen LogP contribution in [-0.2, 0) is 6.54 Å². The number of anilines is 1. The molecule has 0 spiro atoms. The lowest BCUT2D eigenvalue weighted by molar-refractivity contribution is 0.0923. The van der Waals surface area contributed by atoms with E-state index in [1.165, 1.54) is 0 Å². The second kappa shape index (κ2) is 11.0. The van der Waals surface area contributed by atoms with Crippen LogP contribution >= 0.6 is 0 Å². The van der Waals surface area contributed by atoms with E-state index in [9.17, 15) is 9.59 Å². The second-order valence-corrected chi connectivity index (χ2v) is 9.88. The molecule has 2 N–H and O–H groups in total. The number of aromatic nitrogens is 3. The Kier molecular flexibility index (Phi) is 7.39. The molecule has 9 nitrogen and oxygen atoms in total. The van der Waals surface area contributed by atoms with Crippen LogP contribution in [0.4, 0.5) is 5.82 Å². The molecular weight excluding hydrogens is 468 g/mol. The van der Waals surface area contributed by atoms with Crippen LogP contribution in [0.2, 0.25) is 0 Å². The molecule has 3 atom stereocenters. The van der Waals surface area contributed by atoms with Crippen molar-refractivity contribution in [1.82, 2.24) is 25.2 Å². The van der Waals surface area contributed by atoms with Crippen LogP contribution in [0.1, 0.15) is 58.4 Å². The molecule has 2 fully saturated rings. The number of aryl methyl sites for hydroxylation is 1. The third-order valence-electron chi connectivity index (χ3n) is 7.53. The van der Waals surface area contributed by atoms with Gasteiger partial charge in [0.05, 0.1) is 19.0 Å². The smallest absolute Gasteiger partial charge is 0.252 e. The van der Waals surface area contributed by atoms with Crippen molar-refractivity contribution in [2.24, 2.45) is 0 Å². The summed E-state index contributed by atoms with van der Waals surface area (Å²) in [6.45, 7) is 3.32. The van der Waals surface area contributed by atoms with Gasteiger partial charge in [0.1, 0.15) is 11.6 Å². The van der Waals surface area contributed by atoms with Crippen molar-refractivity contribution in [3.8, 4) is 5.75 Å². The number of rotatable bonds is 9. The van der Waals surface area contributed by atoms with Crippen LogP contribution < -0.4 is 20.3 Å². The standard InChI is InChI=1S/C28H34N6O3/c1-19-24(5-3-6-25(19)37-2)28(36)32-21-15-22-8-9-23(16-21)34(22)26-10-7-20(17-31-26)27(35)30-11-4-13-33-14-12-29-18-33/h3,5-7,10,12,14,17-18,21-23H,4,8-9,11,13,15-16H2,1-2H3,(H,30,35)(H,32,36)/t21-,22+,23-. The molecule has 1 aromatic carbocycles. The highest BCUT2D eigenvalue weighted by Crippen LogP contribution is 2.38. The number of pyridine rings is 1. The summed E-state index contributed by atoms with van der Waals surface area (Å²) >= 11 is 0. The summed E-state index contributed by atoms with van der Waals surface area (Å²) in [4.78, 5) is 36.6. The minimum Gasteiger partial charge on any atom is -0.496 e. The third-order valence-corrected chi connectivity index (χ3v) is 7.53. The Morgan fingerprint density at radius 2 is 1.92 bits per heavy atom. The van der Waals surface area contributed by atoms with E-state index in [-0.39, 0.29) is 17.9 Å².